The molecule has 17 heavy (non-hydrogen) atoms. The van der Waals surface area contributed by atoms with Crippen LogP contribution in [-0.2, 0) is 9.59 Å². The van der Waals surface area contributed by atoms with Crippen LogP contribution in [0, 0.1) is 5.92 Å². The van der Waals surface area contributed by atoms with Gasteiger partial charge in [0.15, 0.2) is 0 Å². The molecule has 0 aromatic carbocycles. The van der Waals surface area contributed by atoms with E-state index in [4.69, 9.17) is 0 Å². The summed E-state index contributed by atoms with van der Waals surface area (Å²) in [6, 6.07) is 0.134. The van der Waals surface area contributed by atoms with Crippen LogP contribution in [0.1, 0.15) is 34.1 Å². The largest absolute Gasteiger partial charge is 0.389 e. The quantitative estimate of drug-likeness (QED) is 0.736. The first-order valence-corrected chi connectivity index (χ1v) is 6.00. The van der Waals surface area contributed by atoms with Gasteiger partial charge in [0, 0.05) is 25.6 Å². The molecule has 1 atom stereocenters. The monoisotopic (exact) mass is 242 g/mol. The van der Waals surface area contributed by atoms with E-state index in [9.17, 15) is 14.7 Å². The molecule has 98 valence electrons. The van der Waals surface area contributed by atoms with E-state index in [1.165, 1.54) is 0 Å². The van der Waals surface area contributed by atoms with Crippen molar-refractivity contribution < 1.29 is 14.7 Å². The summed E-state index contributed by atoms with van der Waals surface area (Å²) < 4.78 is 0. The van der Waals surface area contributed by atoms with Gasteiger partial charge in [0.2, 0.25) is 11.8 Å². The molecule has 0 aromatic heterocycles. The van der Waals surface area contributed by atoms with Gasteiger partial charge in [0.25, 0.3) is 0 Å². The Kier molecular flexibility index (Phi) is 4.14. The number of aliphatic hydroxyl groups is 1. The summed E-state index contributed by atoms with van der Waals surface area (Å²) in [7, 11) is 0. The van der Waals surface area contributed by atoms with Crippen LogP contribution in [0.25, 0.3) is 0 Å². The maximum atomic E-state index is 11.8. The van der Waals surface area contributed by atoms with Gasteiger partial charge in [0.1, 0.15) is 0 Å². The van der Waals surface area contributed by atoms with Crippen molar-refractivity contribution in [3.8, 4) is 0 Å². The fraction of sp³-hybridized carbons (Fsp3) is 0.833. The smallest absolute Gasteiger partial charge is 0.225 e. The van der Waals surface area contributed by atoms with E-state index < -0.39 is 5.60 Å². The van der Waals surface area contributed by atoms with Crippen molar-refractivity contribution in [3.05, 3.63) is 0 Å². The Labute approximate surface area is 102 Å². The Hall–Kier alpha value is -1.10. The lowest BCUT2D eigenvalue weighted by Crippen LogP contribution is -2.42. The summed E-state index contributed by atoms with van der Waals surface area (Å²) >= 11 is 0. The van der Waals surface area contributed by atoms with Crippen molar-refractivity contribution in [1.82, 2.24) is 10.2 Å². The van der Waals surface area contributed by atoms with Gasteiger partial charge in [-0.15, -0.1) is 0 Å². The number of hydrogen-bond donors (Lipinski definition) is 2. The fourth-order valence-electron chi connectivity index (χ4n) is 1.85. The molecule has 0 aromatic rings. The first kappa shape index (κ1) is 14.0. The molecule has 1 unspecified atom stereocenters. The second-order valence-electron chi connectivity index (χ2n) is 5.57. The van der Waals surface area contributed by atoms with Crippen LogP contribution >= 0.6 is 0 Å². The molecular weight excluding hydrogens is 220 g/mol. The number of carbonyl (C=O) groups excluding carboxylic acids is 2. The molecule has 0 aliphatic carbocycles. The molecule has 5 nitrogen and oxygen atoms in total. The van der Waals surface area contributed by atoms with Gasteiger partial charge in [-0.2, -0.15) is 0 Å². The third-order valence-corrected chi connectivity index (χ3v) is 2.85. The highest BCUT2D eigenvalue weighted by atomic mass is 16.3. The van der Waals surface area contributed by atoms with Gasteiger partial charge < -0.3 is 15.3 Å². The zero-order valence-electron chi connectivity index (χ0n) is 11.0. The minimum Gasteiger partial charge on any atom is -0.389 e. The van der Waals surface area contributed by atoms with Crippen molar-refractivity contribution in [2.24, 2.45) is 5.92 Å². The maximum Gasteiger partial charge on any atom is 0.225 e. The third-order valence-electron chi connectivity index (χ3n) is 2.85. The van der Waals surface area contributed by atoms with Gasteiger partial charge in [-0.25, -0.2) is 0 Å². The van der Waals surface area contributed by atoms with Gasteiger partial charge >= 0.3 is 0 Å². The van der Waals surface area contributed by atoms with E-state index in [0.29, 0.717) is 6.54 Å². The average Bonchev–Trinajstić information content (AvgIpc) is 2.55. The first-order valence-electron chi connectivity index (χ1n) is 6.00. The van der Waals surface area contributed by atoms with Crippen LogP contribution in [0.5, 0.6) is 0 Å². The molecule has 0 bridgehead atoms. The third kappa shape index (κ3) is 4.00. The minimum absolute atomic E-state index is 0.0309. The minimum atomic E-state index is -0.921. The van der Waals surface area contributed by atoms with Gasteiger partial charge in [-0.3, -0.25) is 9.59 Å². The summed E-state index contributed by atoms with van der Waals surface area (Å²) in [5.74, 6) is -0.403. The first-order chi connectivity index (χ1) is 7.70. The second kappa shape index (κ2) is 5.04. The SMILES string of the molecule is CC(C)N1CC(C(=O)NCC(C)(C)O)CC1=O. The Morgan fingerprint density at radius 3 is 2.59 bits per heavy atom. The van der Waals surface area contributed by atoms with Gasteiger partial charge in [-0.1, -0.05) is 0 Å². The summed E-state index contributed by atoms with van der Waals surface area (Å²) in [4.78, 5) is 25.1. The lowest BCUT2D eigenvalue weighted by molar-refractivity contribution is -0.130. The molecule has 0 radical (unpaired) electrons. The van der Waals surface area contributed by atoms with E-state index in [-0.39, 0.29) is 36.7 Å². The Bertz CT molecular complexity index is 307. The molecule has 2 amide bonds. The van der Waals surface area contributed by atoms with E-state index >= 15 is 0 Å². The van der Waals surface area contributed by atoms with Crippen molar-refractivity contribution in [2.75, 3.05) is 13.1 Å². The molecule has 1 heterocycles. The van der Waals surface area contributed by atoms with E-state index in [2.05, 4.69) is 5.32 Å². The molecule has 1 aliphatic heterocycles. The summed E-state index contributed by atoms with van der Waals surface area (Å²) in [5, 5.41) is 12.2. The predicted molar refractivity (Wildman–Crippen MR) is 64.3 cm³/mol. The normalized spacial score (nSPS) is 21.2. The van der Waals surface area contributed by atoms with Gasteiger partial charge in [-0.05, 0) is 27.7 Å². The highest BCUT2D eigenvalue weighted by molar-refractivity contribution is 5.89. The van der Waals surface area contributed by atoms with E-state index in [1.807, 2.05) is 13.8 Å². The van der Waals surface area contributed by atoms with Crippen molar-refractivity contribution in [1.29, 1.82) is 0 Å². The number of carbonyl (C=O) groups is 2. The van der Waals surface area contributed by atoms with Crippen molar-refractivity contribution in [2.45, 2.75) is 45.8 Å². The highest BCUT2D eigenvalue weighted by Gasteiger charge is 2.35. The number of nitrogens with zero attached hydrogens (tertiary/aromatic N) is 1. The van der Waals surface area contributed by atoms with Crippen molar-refractivity contribution in [3.63, 3.8) is 0 Å². The summed E-state index contributed by atoms with van der Waals surface area (Å²) in [6.45, 7) is 7.83. The number of amides is 2. The lowest BCUT2D eigenvalue weighted by atomic mass is 10.1. The number of likely N-dealkylation sites (tertiary alicyclic amines) is 1. The molecule has 1 fully saturated rings. The molecule has 0 spiro atoms. The second-order valence-corrected chi connectivity index (χ2v) is 5.57. The molecule has 1 rings (SSSR count). The average molecular weight is 242 g/mol. The zero-order chi connectivity index (χ0) is 13.2. The predicted octanol–water partition coefficient (Wildman–Crippen LogP) is 0.130. The Morgan fingerprint density at radius 2 is 2.18 bits per heavy atom. The number of rotatable bonds is 4. The molecular formula is C12H22N2O3. The number of nitrogens with one attached hydrogen (secondary N) is 1. The van der Waals surface area contributed by atoms with Crippen LogP contribution in [0.3, 0.4) is 0 Å². The standard InChI is InChI=1S/C12H22N2O3/c1-8(2)14-6-9(5-10(14)15)11(16)13-7-12(3,4)17/h8-9,17H,5-7H2,1-4H3,(H,13,16). The van der Waals surface area contributed by atoms with Crippen LogP contribution in [-0.4, -0.2) is 46.6 Å². The summed E-state index contributed by atoms with van der Waals surface area (Å²) in [6.07, 6.45) is 0.274. The molecule has 1 aliphatic rings. The lowest BCUT2D eigenvalue weighted by Gasteiger charge is -2.21. The molecule has 0 saturated carbocycles. The highest BCUT2D eigenvalue weighted by Crippen LogP contribution is 2.20. The van der Waals surface area contributed by atoms with Crippen LogP contribution in [0.15, 0.2) is 0 Å². The fourth-order valence-corrected chi connectivity index (χ4v) is 1.85. The molecule has 2 N–H and O–H groups in total. The Morgan fingerprint density at radius 1 is 1.59 bits per heavy atom. The van der Waals surface area contributed by atoms with Crippen molar-refractivity contribution >= 4 is 11.8 Å². The zero-order valence-corrected chi connectivity index (χ0v) is 11.0. The van der Waals surface area contributed by atoms with Crippen LogP contribution < -0.4 is 5.32 Å². The Balaban J connectivity index is 2.48. The number of hydrogen-bond acceptors (Lipinski definition) is 3. The summed E-state index contributed by atoms with van der Waals surface area (Å²) in [5.41, 5.74) is -0.921. The maximum absolute atomic E-state index is 11.8. The van der Waals surface area contributed by atoms with E-state index in [1.54, 1.807) is 18.7 Å². The van der Waals surface area contributed by atoms with Crippen LogP contribution in [0.2, 0.25) is 0 Å². The van der Waals surface area contributed by atoms with Gasteiger partial charge in [0.05, 0.1) is 11.5 Å². The molecule has 1 saturated heterocycles. The topological polar surface area (TPSA) is 69.6 Å². The van der Waals surface area contributed by atoms with E-state index in [0.717, 1.165) is 0 Å². The van der Waals surface area contributed by atoms with Crippen LogP contribution in [0.4, 0.5) is 0 Å². The molecule has 5 heteroatoms.